The van der Waals surface area contributed by atoms with Crippen molar-refractivity contribution in [2.45, 2.75) is 18.6 Å². The summed E-state index contributed by atoms with van der Waals surface area (Å²) in [4.78, 5) is 16.7. The van der Waals surface area contributed by atoms with Crippen molar-refractivity contribution in [3.63, 3.8) is 0 Å². The van der Waals surface area contributed by atoms with Crippen molar-refractivity contribution < 1.29 is 4.79 Å². The van der Waals surface area contributed by atoms with E-state index in [9.17, 15) is 4.79 Å². The molecule has 1 aromatic heterocycles. The molecule has 0 radical (unpaired) electrons. The van der Waals surface area contributed by atoms with Gasteiger partial charge in [0.05, 0.1) is 5.75 Å². The number of anilines is 1. The topological polar surface area (TPSA) is 54.3 Å². The molecule has 1 fully saturated rings. The second-order valence-corrected chi connectivity index (χ2v) is 7.44. The van der Waals surface area contributed by atoms with Gasteiger partial charge in [0.25, 0.3) is 0 Å². The Hall–Kier alpha value is -1.99. The number of halogens is 1. The highest BCUT2D eigenvalue weighted by atomic mass is 35.5. The van der Waals surface area contributed by atoms with Crippen molar-refractivity contribution in [3.8, 4) is 0 Å². The maximum atomic E-state index is 12.5. The lowest BCUT2D eigenvalue weighted by Crippen LogP contribution is -2.49. The first-order valence-electron chi connectivity index (χ1n) is 8.50. The van der Waals surface area contributed by atoms with Crippen molar-refractivity contribution >= 4 is 35.0 Å². The largest absolute Gasteiger partial charge is 0.368 e. The average Bonchev–Trinajstić information content (AvgIpc) is 3.00. The van der Waals surface area contributed by atoms with Crippen molar-refractivity contribution in [2.75, 3.05) is 36.8 Å². The quantitative estimate of drug-likeness (QED) is 0.559. The molecule has 1 aliphatic heterocycles. The van der Waals surface area contributed by atoms with Crippen LogP contribution in [0, 0.1) is 6.92 Å². The number of carbonyl (C=O) groups excluding carboxylic acids is 1. The lowest BCUT2D eigenvalue weighted by atomic mass is 10.2. The highest BCUT2D eigenvalue weighted by molar-refractivity contribution is 7.99. The fourth-order valence-corrected chi connectivity index (χ4v) is 3.99. The van der Waals surface area contributed by atoms with Gasteiger partial charge >= 0.3 is 0 Å². The van der Waals surface area contributed by atoms with Crippen LogP contribution < -0.4 is 4.90 Å². The van der Waals surface area contributed by atoms with Crippen molar-refractivity contribution in [1.82, 2.24) is 19.7 Å². The highest BCUT2D eigenvalue weighted by Gasteiger charge is 2.22. The molecule has 1 saturated heterocycles. The molecule has 2 heterocycles. The lowest BCUT2D eigenvalue weighted by Gasteiger charge is -2.36. The maximum Gasteiger partial charge on any atom is 0.233 e. The van der Waals surface area contributed by atoms with Crippen LogP contribution in [0.2, 0.25) is 5.02 Å². The van der Waals surface area contributed by atoms with Gasteiger partial charge in [0, 0.05) is 43.4 Å². The van der Waals surface area contributed by atoms with Crippen LogP contribution in [0.5, 0.6) is 0 Å². The van der Waals surface area contributed by atoms with Crippen LogP contribution >= 0.6 is 23.4 Å². The predicted molar refractivity (Wildman–Crippen MR) is 106 cm³/mol. The fraction of sp³-hybridized carbons (Fsp3) is 0.389. The standard InChI is InChI=1S/C18H22ClN5OS/c1-3-7-24-14(2)20-21-18(24)26-13-17(25)23-10-8-22(9-11-23)16-6-4-5-15(19)12-16/h3-6,12H,1,7-11,13H2,2H3. The van der Waals surface area contributed by atoms with E-state index in [0.29, 0.717) is 25.4 Å². The van der Waals surface area contributed by atoms with Gasteiger partial charge in [0.1, 0.15) is 5.82 Å². The summed E-state index contributed by atoms with van der Waals surface area (Å²) in [5.41, 5.74) is 1.10. The second kappa shape index (κ2) is 8.60. The number of allylic oxidation sites excluding steroid dienone is 1. The SMILES string of the molecule is C=CCn1c(C)nnc1SCC(=O)N1CCN(c2cccc(Cl)c2)CC1. The molecule has 26 heavy (non-hydrogen) atoms. The molecule has 1 amide bonds. The fourth-order valence-electron chi connectivity index (χ4n) is 2.91. The average molecular weight is 392 g/mol. The van der Waals surface area contributed by atoms with E-state index in [0.717, 1.165) is 34.8 Å². The third-order valence-corrected chi connectivity index (χ3v) is 5.53. The van der Waals surface area contributed by atoms with E-state index in [1.54, 1.807) is 6.08 Å². The van der Waals surface area contributed by atoms with Gasteiger partial charge in [-0.3, -0.25) is 4.79 Å². The van der Waals surface area contributed by atoms with Gasteiger partial charge in [-0.15, -0.1) is 16.8 Å². The van der Waals surface area contributed by atoms with E-state index >= 15 is 0 Å². The van der Waals surface area contributed by atoms with E-state index in [-0.39, 0.29) is 5.91 Å². The maximum absolute atomic E-state index is 12.5. The number of hydrogen-bond acceptors (Lipinski definition) is 5. The van der Waals surface area contributed by atoms with E-state index in [2.05, 4.69) is 21.7 Å². The van der Waals surface area contributed by atoms with Crippen LogP contribution in [-0.2, 0) is 11.3 Å². The first-order chi connectivity index (χ1) is 12.6. The molecule has 0 atom stereocenters. The number of carbonyl (C=O) groups is 1. The first kappa shape index (κ1) is 18.8. The first-order valence-corrected chi connectivity index (χ1v) is 9.86. The number of benzene rings is 1. The summed E-state index contributed by atoms with van der Waals surface area (Å²) in [5, 5.41) is 9.72. The number of nitrogens with zero attached hydrogens (tertiary/aromatic N) is 5. The zero-order chi connectivity index (χ0) is 18.5. The van der Waals surface area contributed by atoms with Crippen LogP contribution in [0.3, 0.4) is 0 Å². The van der Waals surface area contributed by atoms with Gasteiger partial charge in [-0.1, -0.05) is 35.5 Å². The van der Waals surface area contributed by atoms with Crippen molar-refractivity contribution in [1.29, 1.82) is 0 Å². The molecule has 0 saturated carbocycles. The van der Waals surface area contributed by atoms with E-state index in [4.69, 9.17) is 11.6 Å². The van der Waals surface area contributed by atoms with Crippen molar-refractivity contribution in [3.05, 3.63) is 47.8 Å². The highest BCUT2D eigenvalue weighted by Crippen LogP contribution is 2.22. The molecular weight excluding hydrogens is 370 g/mol. The monoisotopic (exact) mass is 391 g/mol. The zero-order valence-corrected chi connectivity index (χ0v) is 16.3. The number of rotatable bonds is 6. The number of hydrogen-bond donors (Lipinski definition) is 0. The van der Waals surface area contributed by atoms with Crippen molar-refractivity contribution in [2.24, 2.45) is 0 Å². The smallest absolute Gasteiger partial charge is 0.233 e. The summed E-state index contributed by atoms with van der Waals surface area (Å²) < 4.78 is 1.96. The van der Waals surface area contributed by atoms with Crippen LogP contribution in [0.25, 0.3) is 0 Å². The molecule has 1 aromatic carbocycles. The van der Waals surface area contributed by atoms with Crippen LogP contribution in [0.1, 0.15) is 5.82 Å². The number of amides is 1. The third-order valence-electron chi connectivity index (χ3n) is 4.34. The predicted octanol–water partition coefficient (Wildman–Crippen LogP) is 2.87. The van der Waals surface area contributed by atoms with Gasteiger partial charge in [0.15, 0.2) is 5.16 Å². The Labute approximate surface area is 162 Å². The van der Waals surface area contributed by atoms with E-state index < -0.39 is 0 Å². The normalized spacial score (nSPS) is 14.5. The molecule has 6 nitrogen and oxygen atoms in total. The minimum atomic E-state index is 0.131. The molecule has 0 spiro atoms. The summed E-state index contributed by atoms with van der Waals surface area (Å²) >= 11 is 7.49. The molecule has 8 heteroatoms. The number of piperazine rings is 1. The third kappa shape index (κ3) is 4.40. The molecule has 0 N–H and O–H groups in total. The zero-order valence-electron chi connectivity index (χ0n) is 14.8. The Bertz CT molecular complexity index is 786. The Morgan fingerprint density at radius 3 is 2.77 bits per heavy atom. The van der Waals surface area contributed by atoms with Gasteiger partial charge < -0.3 is 14.4 Å². The summed E-state index contributed by atoms with van der Waals surface area (Å²) in [6.45, 7) is 9.34. The summed E-state index contributed by atoms with van der Waals surface area (Å²) in [6.07, 6.45) is 1.80. The molecule has 1 aliphatic rings. The summed E-state index contributed by atoms with van der Waals surface area (Å²) in [5.74, 6) is 1.33. The summed E-state index contributed by atoms with van der Waals surface area (Å²) in [7, 11) is 0. The van der Waals surface area contributed by atoms with Crippen LogP contribution in [0.15, 0.2) is 42.1 Å². The number of thioether (sulfide) groups is 1. The number of aromatic nitrogens is 3. The minimum absolute atomic E-state index is 0.131. The molecule has 138 valence electrons. The molecule has 0 bridgehead atoms. The van der Waals surface area contributed by atoms with E-state index in [1.807, 2.05) is 40.7 Å². The molecule has 2 aromatic rings. The molecule has 3 rings (SSSR count). The second-order valence-electron chi connectivity index (χ2n) is 6.07. The Morgan fingerprint density at radius 2 is 2.08 bits per heavy atom. The van der Waals surface area contributed by atoms with Gasteiger partial charge in [-0.05, 0) is 25.1 Å². The molecule has 0 aliphatic carbocycles. The lowest BCUT2D eigenvalue weighted by molar-refractivity contribution is -0.128. The Morgan fingerprint density at radius 1 is 1.31 bits per heavy atom. The Kier molecular flexibility index (Phi) is 6.21. The molecular formula is C18H22ClN5OS. The van der Waals surface area contributed by atoms with E-state index in [1.165, 1.54) is 11.8 Å². The van der Waals surface area contributed by atoms with Gasteiger partial charge in [-0.2, -0.15) is 0 Å². The number of aryl methyl sites for hydroxylation is 1. The van der Waals surface area contributed by atoms with Crippen LogP contribution in [-0.4, -0.2) is 57.5 Å². The summed E-state index contributed by atoms with van der Waals surface area (Å²) in [6, 6.07) is 7.83. The Balaban J connectivity index is 1.52. The molecule has 0 unspecified atom stereocenters. The van der Waals surface area contributed by atoms with Gasteiger partial charge in [-0.25, -0.2) is 0 Å². The van der Waals surface area contributed by atoms with Gasteiger partial charge in [0.2, 0.25) is 5.91 Å². The minimum Gasteiger partial charge on any atom is -0.368 e. The van der Waals surface area contributed by atoms with Crippen LogP contribution in [0.4, 0.5) is 5.69 Å².